The molecule has 5 heteroatoms. The molecule has 0 radical (unpaired) electrons. The van der Waals surface area contributed by atoms with Gasteiger partial charge in [0.1, 0.15) is 0 Å². The van der Waals surface area contributed by atoms with Crippen LogP contribution in [0.4, 0.5) is 0 Å². The van der Waals surface area contributed by atoms with E-state index in [1.807, 2.05) is 0 Å². The standard InChI is InChI=1S/C14H28N2O3/c1-3-13(4-2,5-8-17)11-16-12(18)14(15)6-9-19-10-7-14/h17H,3-11,15H2,1-2H3,(H,16,18). The van der Waals surface area contributed by atoms with Crippen molar-refractivity contribution in [1.82, 2.24) is 5.32 Å². The topological polar surface area (TPSA) is 84.6 Å². The molecular weight excluding hydrogens is 244 g/mol. The summed E-state index contributed by atoms with van der Waals surface area (Å²) in [6, 6.07) is 0. The van der Waals surface area contributed by atoms with Gasteiger partial charge in [0.25, 0.3) is 0 Å². The van der Waals surface area contributed by atoms with Gasteiger partial charge in [-0.25, -0.2) is 0 Å². The van der Waals surface area contributed by atoms with E-state index in [1.54, 1.807) is 0 Å². The van der Waals surface area contributed by atoms with Gasteiger partial charge in [-0.2, -0.15) is 0 Å². The Hall–Kier alpha value is -0.650. The van der Waals surface area contributed by atoms with Gasteiger partial charge in [-0.1, -0.05) is 13.8 Å². The molecule has 0 atom stereocenters. The van der Waals surface area contributed by atoms with Crippen LogP contribution in [0.15, 0.2) is 0 Å². The van der Waals surface area contributed by atoms with E-state index >= 15 is 0 Å². The fraction of sp³-hybridized carbons (Fsp3) is 0.929. The number of hydrogen-bond acceptors (Lipinski definition) is 4. The summed E-state index contributed by atoms with van der Waals surface area (Å²) in [5.74, 6) is -0.0833. The third kappa shape index (κ3) is 4.16. The summed E-state index contributed by atoms with van der Waals surface area (Å²) < 4.78 is 5.25. The summed E-state index contributed by atoms with van der Waals surface area (Å²) in [6.07, 6.45) is 3.73. The maximum absolute atomic E-state index is 12.2. The van der Waals surface area contributed by atoms with Crippen molar-refractivity contribution in [3.8, 4) is 0 Å². The Bertz CT molecular complexity index is 284. The Morgan fingerprint density at radius 2 is 1.95 bits per heavy atom. The van der Waals surface area contributed by atoms with E-state index in [-0.39, 0.29) is 17.9 Å². The smallest absolute Gasteiger partial charge is 0.240 e. The van der Waals surface area contributed by atoms with Crippen molar-refractivity contribution < 1.29 is 14.6 Å². The number of amides is 1. The fourth-order valence-electron chi connectivity index (χ4n) is 2.59. The van der Waals surface area contributed by atoms with Gasteiger partial charge in [0.05, 0.1) is 5.54 Å². The number of hydrogen-bond donors (Lipinski definition) is 3. The van der Waals surface area contributed by atoms with Crippen LogP contribution in [0, 0.1) is 5.41 Å². The van der Waals surface area contributed by atoms with Crippen LogP contribution in [0.25, 0.3) is 0 Å². The molecule has 4 N–H and O–H groups in total. The molecule has 0 aromatic carbocycles. The largest absolute Gasteiger partial charge is 0.396 e. The Morgan fingerprint density at radius 1 is 1.37 bits per heavy atom. The van der Waals surface area contributed by atoms with E-state index in [0.717, 1.165) is 12.8 Å². The van der Waals surface area contributed by atoms with Crippen LogP contribution in [-0.4, -0.2) is 42.9 Å². The first-order valence-electron chi connectivity index (χ1n) is 7.28. The first-order chi connectivity index (χ1) is 9.02. The van der Waals surface area contributed by atoms with Gasteiger partial charge in [-0.15, -0.1) is 0 Å². The van der Waals surface area contributed by atoms with E-state index in [1.165, 1.54) is 0 Å². The quantitative estimate of drug-likeness (QED) is 0.640. The van der Waals surface area contributed by atoms with Crippen LogP contribution in [0.3, 0.4) is 0 Å². The normalized spacial score (nSPS) is 19.2. The van der Waals surface area contributed by atoms with Crippen molar-refractivity contribution in [2.45, 2.75) is 51.5 Å². The highest BCUT2D eigenvalue weighted by molar-refractivity contribution is 5.86. The van der Waals surface area contributed by atoms with Crippen molar-refractivity contribution in [2.75, 3.05) is 26.4 Å². The minimum atomic E-state index is -0.787. The molecule has 1 heterocycles. The average Bonchev–Trinajstić information content (AvgIpc) is 2.44. The number of rotatable bonds is 7. The second-order valence-corrected chi connectivity index (χ2v) is 5.63. The van der Waals surface area contributed by atoms with Crippen molar-refractivity contribution in [3.63, 3.8) is 0 Å². The molecule has 0 spiro atoms. The zero-order valence-electron chi connectivity index (χ0n) is 12.2. The minimum absolute atomic E-state index is 0.0219. The number of aliphatic hydroxyl groups is 1. The molecule has 0 bridgehead atoms. The molecule has 112 valence electrons. The summed E-state index contributed by atoms with van der Waals surface area (Å²) in [4.78, 5) is 12.2. The molecular formula is C14H28N2O3. The van der Waals surface area contributed by atoms with Crippen LogP contribution in [-0.2, 0) is 9.53 Å². The molecule has 1 aliphatic heterocycles. The van der Waals surface area contributed by atoms with Crippen molar-refractivity contribution in [1.29, 1.82) is 0 Å². The molecule has 1 saturated heterocycles. The first kappa shape index (κ1) is 16.4. The Kier molecular flexibility index (Phi) is 6.23. The predicted molar refractivity (Wildman–Crippen MR) is 74.7 cm³/mol. The zero-order chi connectivity index (χ0) is 14.4. The van der Waals surface area contributed by atoms with Crippen molar-refractivity contribution in [2.24, 2.45) is 11.1 Å². The van der Waals surface area contributed by atoms with Gasteiger partial charge >= 0.3 is 0 Å². The molecule has 0 aliphatic carbocycles. The maximum Gasteiger partial charge on any atom is 0.240 e. The lowest BCUT2D eigenvalue weighted by molar-refractivity contribution is -0.130. The maximum atomic E-state index is 12.2. The van der Waals surface area contributed by atoms with Crippen LogP contribution < -0.4 is 11.1 Å². The van der Waals surface area contributed by atoms with E-state index in [4.69, 9.17) is 10.5 Å². The zero-order valence-corrected chi connectivity index (χ0v) is 12.2. The second kappa shape index (κ2) is 7.22. The van der Waals surface area contributed by atoms with Gasteiger partial charge in [0.2, 0.25) is 5.91 Å². The number of nitrogens with one attached hydrogen (secondary N) is 1. The highest BCUT2D eigenvalue weighted by atomic mass is 16.5. The first-order valence-corrected chi connectivity index (χ1v) is 7.28. The SMILES string of the molecule is CCC(CC)(CCO)CNC(=O)C1(N)CCOCC1. The lowest BCUT2D eigenvalue weighted by atomic mass is 9.79. The molecule has 0 unspecified atom stereocenters. The predicted octanol–water partition coefficient (Wildman–Crippen LogP) is 0.799. The van der Waals surface area contributed by atoms with Gasteiger partial charge < -0.3 is 20.9 Å². The summed E-state index contributed by atoms with van der Waals surface area (Å²) in [5, 5.41) is 12.2. The monoisotopic (exact) mass is 272 g/mol. The summed E-state index contributed by atoms with van der Waals surface area (Å²) in [5.41, 5.74) is 5.34. The van der Waals surface area contributed by atoms with E-state index in [0.29, 0.717) is 39.0 Å². The molecule has 1 amide bonds. The van der Waals surface area contributed by atoms with Crippen LogP contribution in [0.1, 0.15) is 46.0 Å². The number of nitrogens with two attached hydrogens (primary N) is 1. The Labute approximate surface area is 115 Å². The van der Waals surface area contributed by atoms with E-state index in [9.17, 15) is 9.90 Å². The summed E-state index contributed by atoms with van der Waals surface area (Å²) in [6.45, 7) is 6.02. The summed E-state index contributed by atoms with van der Waals surface area (Å²) >= 11 is 0. The highest BCUT2D eigenvalue weighted by Crippen LogP contribution is 2.29. The molecule has 1 aliphatic rings. The van der Waals surface area contributed by atoms with Crippen molar-refractivity contribution in [3.05, 3.63) is 0 Å². The molecule has 0 saturated carbocycles. The third-order valence-corrected chi connectivity index (χ3v) is 4.60. The molecule has 19 heavy (non-hydrogen) atoms. The number of carbonyl (C=O) groups is 1. The number of aliphatic hydroxyl groups excluding tert-OH is 1. The van der Waals surface area contributed by atoms with Crippen LogP contribution >= 0.6 is 0 Å². The lowest BCUT2D eigenvalue weighted by Gasteiger charge is -2.35. The molecule has 0 aromatic heterocycles. The minimum Gasteiger partial charge on any atom is -0.396 e. The van der Waals surface area contributed by atoms with Crippen LogP contribution in [0.5, 0.6) is 0 Å². The highest BCUT2D eigenvalue weighted by Gasteiger charge is 2.37. The molecule has 1 rings (SSSR count). The molecule has 5 nitrogen and oxygen atoms in total. The van der Waals surface area contributed by atoms with Crippen LogP contribution in [0.2, 0.25) is 0 Å². The average molecular weight is 272 g/mol. The molecule has 0 aromatic rings. The second-order valence-electron chi connectivity index (χ2n) is 5.63. The van der Waals surface area contributed by atoms with E-state index in [2.05, 4.69) is 19.2 Å². The van der Waals surface area contributed by atoms with Gasteiger partial charge in [0.15, 0.2) is 0 Å². The lowest BCUT2D eigenvalue weighted by Crippen LogP contribution is -2.58. The molecule has 1 fully saturated rings. The third-order valence-electron chi connectivity index (χ3n) is 4.60. The fourth-order valence-corrected chi connectivity index (χ4v) is 2.59. The number of carbonyl (C=O) groups excluding carboxylic acids is 1. The van der Waals surface area contributed by atoms with Gasteiger partial charge in [-0.3, -0.25) is 4.79 Å². The Balaban J connectivity index is 2.56. The Morgan fingerprint density at radius 3 is 2.42 bits per heavy atom. The number of ether oxygens (including phenoxy) is 1. The van der Waals surface area contributed by atoms with Gasteiger partial charge in [-0.05, 0) is 37.5 Å². The van der Waals surface area contributed by atoms with Crippen molar-refractivity contribution >= 4 is 5.91 Å². The van der Waals surface area contributed by atoms with E-state index < -0.39 is 5.54 Å². The van der Waals surface area contributed by atoms with Gasteiger partial charge in [0, 0.05) is 26.4 Å². The summed E-state index contributed by atoms with van der Waals surface area (Å²) in [7, 11) is 0.